The highest BCUT2D eigenvalue weighted by molar-refractivity contribution is 6.03. The number of furan rings is 1. The molecule has 2 amide bonds. The molecule has 0 saturated heterocycles. The molecule has 2 heterocycles. The number of fused-ring (bicyclic) bond motifs is 1. The largest absolute Gasteiger partial charge is 0.459 e. The number of esters is 1. The lowest BCUT2D eigenvalue weighted by Crippen LogP contribution is -2.45. The number of ether oxygens (including phenoxy) is 1. The second kappa shape index (κ2) is 8.08. The summed E-state index contributed by atoms with van der Waals surface area (Å²) in [4.78, 5) is 48.2. The van der Waals surface area contributed by atoms with Crippen LogP contribution in [0.5, 0.6) is 0 Å². The highest BCUT2D eigenvalue weighted by atomic mass is 16.5. The van der Waals surface area contributed by atoms with Gasteiger partial charge < -0.3 is 19.8 Å². The Bertz CT molecular complexity index is 917. The van der Waals surface area contributed by atoms with E-state index in [2.05, 4.69) is 10.6 Å². The van der Waals surface area contributed by atoms with Gasteiger partial charge in [-0.1, -0.05) is 13.8 Å². The molecule has 1 aromatic heterocycles. The number of Topliss-reactive ketones (excluding diaryl/α,β-unsaturated/α-hetero) is 1. The Hall–Kier alpha value is -3.42. The van der Waals surface area contributed by atoms with Crippen molar-refractivity contribution < 1.29 is 28.3 Å². The van der Waals surface area contributed by atoms with Crippen molar-refractivity contribution in [2.75, 3.05) is 11.9 Å². The third kappa shape index (κ3) is 4.28. The quantitative estimate of drug-likeness (QED) is 0.557. The van der Waals surface area contributed by atoms with Gasteiger partial charge in [0.05, 0.1) is 12.7 Å². The van der Waals surface area contributed by atoms with E-state index in [0.717, 1.165) is 5.56 Å². The van der Waals surface area contributed by atoms with Crippen LogP contribution < -0.4 is 10.6 Å². The Morgan fingerprint density at radius 1 is 1.25 bits per heavy atom. The first-order valence-corrected chi connectivity index (χ1v) is 8.82. The number of nitrogens with one attached hydrogen (secondary N) is 2. The Morgan fingerprint density at radius 2 is 2.04 bits per heavy atom. The van der Waals surface area contributed by atoms with Gasteiger partial charge in [-0.2, -0.15) is 0 Å². The average molecular weight is 384 g/mol. The normalized spacial score (nSPS) is 13.6. The second-order valence-electron chi connectivity index (χ2n) is 6.80. The highest BCUT2D eigenvalue weighted by Gasteiger charge is 2.28. The van der Waals surface area contributed by atoms with E-state index < -0.39 is 30.3 Å². The molecule has 2 N–H and O–H groups in total. The Kier molecular flexibility index (Phi) is 5.58. The fourth-order valence-corrected chi connectivity index (χ4v) is 2.83. The number of rotatable bonds is 7. The van der Waals surface area contributed by atoms with E-state index in [9.17, 15) is 19.2 Å². The zero-order valence-corrected chi connectivity index (χ0v) is 15.5. The predicted octanol–water partition coefficient (Wildman–Crippen LogP) is 1.95. The van der Waals surface area contributed by atoms with Crippen LogP contribution >= 0.6 is 0 Å². The molecule has 0 aliphatic carbocycles. The molecule has 1 aliphatic rings. The van der Waals surface area contributed by atoms with Crippen LogP contribution in [-0.4, -0.2) is 36.2 Å². The van der Waals surface area contributed by atoms with E-state index in [4.69, 9.17) is 9.15 Å². The van der Waals surface area contributed by atoms with Crippen LogP contribution in [0.25, 0.3) is 0 Å². The average Bonchev–Trinajstić information content (AvgIpc) is 3.31. The van der Waals surface area contributed by atoms with Crippen molar-refractivity contribution in [2.45, 2.75) is 26.3 Å². The summed E-state index contributed by atoms with van der Waals surface area (Å²) < 4.78 is 10.1. The molecular formula is C20H20N2O6. The first-order valence-electron chi connectivity index (χ1n) is 8.82. The molecule has 0 spiro atoms. The number of carbonyl (C=O) groups is 4. The molecule has 3 rings (SSSR count). The molecule has 0 fully saturated rings. The molecule has 2 aromatic rings. The maximum absolute atomic E-state index is 12.4. The summed E-state index contributed by atoms with van der Waals surface area (Å²) in [5, 5.41) is 5.24. The SMILES string of the molecule is CC(C)[C@H](NC(=O)c1ccco1)C(=O)OCC(=O)c1ccc2c(c1)CC(=O)N2. The van der Waals surface area contributed by atoms with E-state index in [1.54, 1.807) is 38.1 Å². The monoisotopic (exact) mass is 384 g/mol. The van der Waals surface area contributed by atoms with Gasteiger partial charge in [0, 0.05) is 11.3 Å². The fourth-order valence-electron chi connectivity index (χ4n) is 2.83. The lowest BCUT2D eigenvalue weighted by atomic mass is 10.0. The fraction of sp³-hybridized carbons (Fsp3) is 0.300. The third-order valence-corrected chi connectivity index (χ3v) is 4.35. The lowest BCUT2D eigenvalue weighted by Gasteiger charge is -2.20. The van der Waals surface area contributed by atoms with Crippen molar-refractivity contribution in [1.29, 1.82) is 0 Å². The van der Waals surface area contributed by atoms with E-state index in [-0.39, 0.29) is 24.0 Å². The number of amides is 2. The van der Waals surface area contributed by atoms with Gasteiger partial charge in [-0.15, -0.1) is 0 Å². The zero-order chi connectivity index (χ0) is 20.3. The van der Waals surface area contributed by atoms with Gasteiger partial charge in [-0.05, 0) is 41.8 Å². The van der Waals surface area contributed by atoms with Crippen molar-refractivity contribution in [1.82, 2.24) is 5.32 Å². The van der Waals surface area contributed by atoms with Crippen molar-refractivity contribution in [3.05, 3.63) is 53.5 Å². The van der Waals surface area contributed by atoms with Crippen LogP contribution in [0.3, 0.4) is 0 Å². The number of carbonyl (C=O) groups excluding carboxylic acids is 4. The molecule has 28 heavy (non-hydrogen) atoms. The first kappa shape index (κ1) is 19.3. The van der Waals surface area contributed by atoms with Gasteiger partial charge in [-0.25, -0.2) is 4.79 Å². The summed E-state index contributed by atoms with van der Waals surface area (Å²) in [6.45, 7) is 3.04. The zero-order valence-electron chi connectivity index (χ0n) is 15.5. The highest BCUT2D eigenvalue weighted by Crippen LogP contribution is 2.24. The number of benzene rings is 1. The standard InChI is InChI=1S/C20H20N2O6/c1-11(2)18(22-19(25)16-4-3-7-27-16)20(26)28-10-15(23)12-5-6-14-13(8-12)9-17(24)21-14/h3-8,11,18H,9-10H2,1-2H3,(H,21,24)(H,22,25)/t18-/m0/s1. The molecule has 1 aliphatic heterocycles. The summed E-state index contributed by atoms with van der Waals surface area (Å²) in [7, 11) is 0. The minimum atomic E-state index is -0.924. The van der Waals surface area contributed by atoms with Gasteiger partial charge in [0.2, 0.25) is 5.91 Å². The number of hydrogen-bond donors (Lipinski definition) is 2. The summed E-state index contributed by atoms with van der Waals surface area (Å²) in [5.41, 5.74) is 1.76. The first-order chi connectivity index (χ1) is 13.3. The van der Waals surface area contributed by atoms with E-state index in [0.29, 0.717) is 11.3 Å². The summed E-state index contributed by atoms with van der Waals surface area (Å²) in [6.07, 6.45) is 1.57. The Labute approximate surface area is 161 Å². The van der Waals surface area contributed by atoms with Crippen LogP contribution in [-0.2, 0) is 20.7 Å². The van der Waals surface area contributed by atoms with Gasteiger partial charge >= 0.3 is 5.97 Å². The van der Waals surface area contributed by atoms with Crippen molar-refractivity contribution in [3.8, 4) is 0 Å². The topological polar surface area (TPSA) is 115 Å². The molecule has 0 unspecified atom stereocenters. The molecule has 1 aromatic carbocycles. The minimum Gasteiger partial charge on any atom is -0.459 e. The summed E-state index contributed by atoms with van der Waals surface area (Å²) >= 11 is 0. The lowest BCUT2D eigenvalue weighted by molar-refractivity contribution is -0.146. The third-order valence-electron chi connectivity index (χ3n) is 4.35. The van der Waals surface area contributed by atoms with Gasteiger partial charge in [0.15, 0.2) is 18.2 Å². The van der Waals surface area contributed by atoms with Gasteiger partial charge in [-0.3, -0.25) is 14.4 Å². The molecule has 0 saturated carbocycles. The number of ketones is 1. The van der Waals surface area contributed by atoms with Crippen molar-refractivity contribution in [3.63, 3.8) is 0 Å². The van der Waals surface area contributed by atoms with Crippen LogP contribution in [0.15, 0.2) is 41.0 Å². The van der Waals surface area contributed by atoms with Crippen LogP contribution in [0.4, 0.5) is 5.69 Å². The van der Waals surface area contributed by atoms with Gasteiger partial charge in [0.25, 0.3) is 5.91 Å². The predicted molar refractivity (Wildman–Crippen MR) is 98.9 cm³/mol. The van der Waals surface area contributed by atoms with E-state index in [1.807, 2.05) is 0 Å². The molecule has 8 nitrogen and oxygen atoms in total. The molecule has 146 valence electrons. The minimum absolute atomic E-state index is 0.0795. The number of hydrogen-bond acceptors (Lipinski definition) is 6. The molecule has 0 radical (unpaired) electrons. The van der Waals surface area contributed by atoms with Gasteiger partial charge in [0.1, 0.15) is 6.04 Å². The van der Waals surface area contributed by atoms with Crippen molar-refractivity contribution in [2.24, 2.45) is 5.92 Å². The Morgan fingerprint density at radius 3 is 2.71 bits per heavy atom. The molecule has 1 atom stereocenters. The van der Waals surface area contributed by atoms with Crippen molar-refractivity contribution >= 4 is 29.3 Å². The molecule has 8 heteroatoms. The van der Waals surface area contributed by atoms with E-state index >= 15 is 0 Å². The van der Waals surface area contributed by atoms with Crippen LogP contribution in [0, 0.1) is 5.92 Å². The Balaban J connectivity index is 1.60. The maximum atomic E-state index is 12.4. The number of anilines is 1. The molecule has 0 bridgehead atoms. The van der Waals surface area contributed by atoms with Crippen LogP contribution in [0.1, 0.15) is 40.3 Å². The molecular weight excluding hydrogens is 364 g/mol. The maximum Gasteiger partial charge on any atom is 0.329 e. The van der Waals surface area contributed by atoms with Crippen LogP contribution in [0.2, 0.25) is 0 Å². The van der Waals surface area contributed by atoms with E-state index in [1.165, 1.54) is 12.3 Å². The second-order valence-corrected chi connectivity index (χ2v) is 6.80. The summed E-state index contributed by atoms with van der Waals surface area (Å²) in [5.74, 6) is -1.94. The summed E-state index contributed by atoms with van der Waals surface area (Å²) in [6, 6.07) is 6.95. The smallest absolute Gasteiger partial charge is 0.329 e.